The zero-order valence-corrected chi connectivity index (χ0v) is 19.4. The molecule has 31 heavy (non-hydrogen) atoms. The molecule has 0 spiro atoms. The van der Waals surface area contributed by atoms with Crippen molar-refractivity contribution in [1.82, 2.24) is 10.2 Å². The average molecular weight is 471 g/mol. The molecule has 0 saturated carbocycles. The van der Waals surface area contributed by atoms with Crippen molar-refractivity contribution in [2.24, 2.45) is 0 Å². The largest absolute Gasteiger partial charge is 0.313 e. The first-order chi connectivity index (χ1) is 14.4. The third kappa shape index (κ3) is 9.06. The van der Waals surface area contributed by atoms with E-state index in [1.54, 1.807) is 24.3 Å². The maximum atomic E-state index is 10.5. The lowest BCUT2D eigenvalue weighted by Gasteiger charge is -2.25. The van der Waals surface area contributed by atoms with Gasteiger partial charge >= 0.3 is 0 Å². The molecule has 5 rings (SSSR count). The maximum Gasteiger partial charge on any atom is 0.294 e. The van der Waals surface area contributed by atoms with E-state index < -0.39 is 20.2 Å². The van der Waals surface area contributed by atoms with Crippen LogP contribution in [0, 0.1) is 13.8 Å². The van der Waals surface area contributed by atoms with Gasteiger partial charge in [-0.25, -0.2) is 0 Å². The Morgan fingerprint density at radius 2 is 1.13 bits per heavy atom. The van der Waals surface area contributed by atoms with E-state index in [1.807, 2.05) is 13.8 Å². The molecule has 0 aromatic heterocycles. The molecule has 3 saturated heterocycles. The lowest BCUT2D eigenvalue weighted by molar-refractivity contribution is 0.247. The summed E-state index contributed by atoms with van der Waals surface area (Å²) in [4.78, 5) is 2.42. The van der Waals surface area contributed by atoms with Gasteiger partial charge in [-0.2, -0.15) is 16.8 Å². The van der Waals surface area contributed by atoms with Crippen molar-refractivity contribution in [1.29, 1.82) is 0 Å². The van der Waals surface area contributed by atoms with Crippen LogP contribution < -0.4 is 5.32 Å². The molecule has 3 aliphatic rings. The zero-order valence-electron chi connectivity index (χ0n) is 17.7. The van der Waals surface area contributed by atoms with Crippen LogP contribution in [-0.4, -0.2) is 63.1 Å². The Balaban J connectivity index is 0.000000166. The normalized spacial score (nSPS) is 20.5. The number of rotatable bonds is 2. The van der Waals surface area contributed by atoms with Gasteiger partial charge in [0.2, 0.25) is 0 Å². The Kier molecular flexibility index (Phi) is 9.16. The maximum absolute atomic E-state index is 10.5. The lowest BCUT2D eigenvalue weighted by atomic mass is 10.1. The zero-order chi connectivity index (χ0) is 23.1. The van der Waals surface area contributed by atoms with Crippen molar-refractivity contribution in [3.63, 3.8) is 0 Å². The van der Waals surface area contributed by atoms with Gasteiger partial charge < -0.3 is 10.2 Å². The minimum absolute atomic E-state index is 0.0666. The highest BCUT2D eigenvalue weighted by Gasteiger charge is 2.21. The molecule has 0 atom stereocenters. The second-order valence-electron chi connectivity index (χ2n) is 7.65. The van der Waals surface area contributed by atoms with Crippen molar-refractivity contribution < 1.29 is 25.9 Å². The molecule has 172 valence electrons. The highest BCUT2D eigenvalue weighted by Crippen LogP contribution is 2.12. The Bertz CT molecular complexity index is 937. The topological polar surface area (TPSA) is 124 Å². The first-order valence-corrected chi connectivity index (χ1v) is 12.9. The molecule has 2 aromatic rings. The number of benzene rings is 2. The molecule has 0 unspecified atom stereocenters. The van der Waals surface area contributed by atoms with E-state index in [0.717, 1.165) is 17.2 Å². The number of piperidine rings is 1. The van der Waals surface area contributed by atoms with E-state index in [0.29, 0.717) is 0 Å². The van der Waals surface area contributed by atoms with E-state index in [2.05, 4.69) is 10.2 Å². The smallest absolute Gasteiger partial charge is 0.294 e. The number of fused-ring (bicyclic) bond motifs is 4. The first kappa shape index (κ1) is 25.4. The van der Waals surface area contributed by atoms with Crippen molar-refractivity contribution in [2.45, 2.75) is 42.5 Å². The SMILES string of the molecule is C1CN2CCC(CC2)N1.Cc1ccc(S(=O)(=O)O)cc1.Cc1ccc(S(=O)(=O)O)cc1. The van der Waals surface area contributed by atoms with E-state index in [4.69, 9.17) is 9.11 Å². The molecule has 2 bridgehead atoms. The summed E-state index contributed by atoms with van der Waals surface area (Å²) >= 11 is 0. The highest BCUT2D eigenvalue weighted by atomic mass is 32.2. The van der Waals surface area contributed by atoms with Gasteiger partial charge in [0.15, 0.2) is 0 Å². The van der Waals surface area contributed by atoms with Crippen LogP contribution in [0.1, 0.15) is 24.0 Å². The Labute approximate surface area is 184 Å². The predicted octanol–water partition coefficient (Wildman–Crippen LogP) is 2.54. The van der Waals surface area contributed by atoms with Crippen molar-refractivity contribution in [2.75, 3.05) is 26.2 Å². The van der Waals surface area contributed by atoms with E-state index in [-0.39, 0.29) is 9.79 Å². The van der Waals surface area contributed by atoms with Crippen LogP contribution in [0.15, 0.2) is 58.3 Å². The second kappa shape index (κ2) is 11.2. The number of aryl methyl sites for hydroxylation is 2. The van der Waals surface area contributed by atoms with Crippen LogP contribution in [0.5, 0.6) is 0 Å². The third-order valence-corrected chi connectivity index (χ3v) is 6.82. The molecule has 3 aliphatic heterocycles. The minimum Gasteiger partial charge on any atom is -0.313 e. The molecule has 0 radical (unpaired) electrons. The number of hydrogen-bond donors (Lipinski definition) is 3. The van der Waals surface area contributed by atoms with Gasteiger partial charge in [0.25, 0.3) is 20.2 Å². The van der Waals surface area contributed by atoms with Crippen LogP contribution in [0.25, 0.3) is 0 Å². The number of hydrogen-bond acceptors (Lipinski definition) is 6. The van der Waals surface area contributed by atoms with Gasteiger partial charge in [0, 0.05) is 19.1 Å². The summed E-state index contributed by atoms with van der Waals surface area (Å²) in [6.45, 7) is 8.83. The molecule has 2 aromatic carbocycles. The van der Waals surface area contributed by atoms with Crippen LogP contribution in [-0.2, 0) is 20.2 Å². The fraction of sp³-hybridized carbons (Fsp3) is 0.429. The van der Waals surface area contributed by atoms with E-state index >= 15 is 0 Å². The molecule has 8 nitrogen and oxygen atoms in total. The van der Waals surface area contributed by atoms with E-state index in [1.165, 1.54) is 63.3 Å². The lowest BCUT2D eigenvalue weighted by Crippen LogP contribution is -2.34. The van der Waals surface area contributed by atoms with Gasteiger partial charge in [-0.1, -0.05) is 35.4 Å². The summed E-state index contributed by atoms with van der Waals surface area (Å²) in [5.74, 6) is 0. The highest BCUT2D eigenvalue weighted by molar-refractivity contribution is 7.86. The van der Waals surface area contributed by atoms with Gasteiger partial charge in [-0.3, -0.25) is 9.11 Å². The average Bonchev–Trinajstić information content (AvgIpc) is 3.06. The molecule has 0 amide bonds. The fourth-order valence-electron chi connectivity index (χ4n) is 3.21. The second-order valence-corrected chi connectivity index (χ2v) is 10.5. The molecular formula is C21H30N2O6S2. The standard InChI is InChI=1S/C7H14N2.2C7H8O3S/c1-4-9-5-2-7(1)8-3-6-9;2*1-6-2-4-7(5-3-6)11(8,9)10/h7-8H,1-6H2;2*2-5H,1H3,(H,8,9,10). The van der Waals surface area contributed by atoms with Gasteiger partial charge in [-0.15, -0.1) is 0 Å². The first-order valence-electron chi connectivity index (χ1n) is 9.99. The third-order valence-electron chi connectivity index (χ3n) is 5.09. The van der Waals surface area contributed by atoms with Crippen molar-refractivity contribution in [3.8, 4) is 0 Å². The van der Waals surface area contributed by atoms with Gasteiger partial charge in [0.05, 0.1) is 9.79 Å². The minimum atomic E-state index is -4.02. The predicted molar refractivity (Wildman–Crippen MR) is 119 cm³/mol. The molecule has 10 heteroatoms. The summed E-state index contributed by atoms with van der Waals surface area (Å²) < 4.78 is 59.1. The van der Waals surface area contributed by atoms with Gasteiger partial charge in [-0.05, 0) is 64.0 Å². The molecule has 0 aliphatic carbocycles. The molecule has 3 N–H and O–H groups in total. The fourth-order valence-corrected chi connectivity index (χ4v) is 4.17. The van der Waals surface area contributed by atoms with E-state index in [9.17, 15) is 16.8 Å². The number of nitrogens with one attached hydrogen (secondary N) is 1. The summed E-state index contributed by atoms with van der Waals surface area (Å²) in [6, 6.07) is 12.8. The summed E-state index contributed by atoms with van der Waals surface area (Å²) in [5, 5.41) is 3.53. The monoisotopic (exact) mass is 470 g/mol. The molecule has 3 heterocycles. The molecule has 3 fully saturated rings. The summed E-state index contributed by atoms with van der Waals surface area (Å²) in [5.41, 5.74) is 1.91. The van der Waals surface area contributed by atoms with Gasteiger partial charge in [0.1, 0.15) is 0 Å². The van der Waals surface area contributed by atoms with Crippen molar-refractivity contribution in [3.05, 3.63) is 59.7 Å². The Morgan fingerprint density at radius 3 is 1.48 bits per heavy atom. The molecular weight excluding hydrogens is 440 g/mol. The Hall–Kier alpha value is -1.82. The van der Waals surface area contributed by atoms with Crippen LogP contribution >= 0.6 is 0 Å². The van der Waals surface area contributed by atoms with Crippen LogP contribution in [0.3, 0.4) is 0 Å². The summed E-state index contributed by atoms with van der Waals surface area (Å²) in [7, 11) is -8.04. The van der Waals surface area contributed by atoms with Crippen molar-refractivity contribution >= 4 is 20.2 Å². The summed E-state index contributed by atoms with van der Waals surface area (Å²) in [6.07, 6.45) is 2.75. The quantitative estimate of drug-likeness (QED) is 0.572. The Morgan fingerprint density at radius 1 is 0.742 bits per heavy atom. The van der Waals surface area contributed by atoms with Crippen LogP contribution in [0.2, 0.25) is 0 Å². The number of nitrogens with zero attached hydrogens (tertiary/aromatic N) is 1. The van der Waals surface area contributed by atoms with Crippen LogP contribution in [0.4, 0.5) is 0 Å².